The van der Waals surface area contributed by atoms with E-state index in [4.69, 9.17) is 0 Å². The number of benzene rings is 1. The molecule has 2 N–H and O–H groups in total. The molecule has 1 saturated heterocycles. The van der Waals surface area contributed by atoms with Gasteiger partial charge in [0, 0.05) is 18.3 Å². The van der Waals surface area contributed by atoms with E-state index in [9.17, 15) is 4.39 Å². The van der Waals surface area contributed by atoms with Crippen molar-refractivity contribution < 1.29 is 4.39 Å². The van der Waals surface area contributed by atoms with Crippen LogP contribution in [-0.4, -0.2) is 19.1 Å². The molecule has 0 spiro atoms. The number of nitrogens with one attached hydrogen (secondary N) is 2. The summed E-state index contributed by atoms with van der Waals surface area (Å²) in [7, 11) is 0. The highest BCUT2D eigenvalue weighted by Crippen LogP contribution is 2.16. The van der Waals surface area contributed by atoms with Gasteiger partial charge in [-0.3, -0.25) is 0 Å². The number of hydrogen-bond acceptors (Lipinski definition) is 2. The Labute approximate surface area is 89.9 Å². The van der Waals surface area contributed by atoms with Crippen molar-refractivity contribution >= 4 is 5.69 Å². The molecule has 82 valence electrons. The van der Waals surface area contributed by atoms with Gasteiger partial charge in [0.2, 0.25) is 0 Å². The van der Waals surface area contributed by atoms with Crippen molar-refractivity contribution in [1.82, 2.24) is 5.32 Å². The molecule has 2 rings (SSSR count). The fourth-order valence-corrected chi connectivity index (χ4v) is 1.89. The molecular formula is C12H17FN2. The summed E-state index contributed by atoms with van der Waals surface area (Å²) in [6.07, 6.45) is 2.34. The molecule has 0 saturated carbocycles. The van der Waals surface area contributed by atoms with Gasteiger partial charge < -0.3 is 10.6 Å². The number of rotatable bonds is 2. The van der Waals surface area contributed by atoms with Crippen LogP contribution in [-0.2, 0) is 0 Å². The largest absolute Gasteiger partial charge is 0.381 e. The molecule has 1 heterocycles. The van der Waals surface area contributed by atoms with Gasteiger partial charge >= 0.3 is 0 Å². The number of piperidine rings is 1. The van der Waals surface area contributed by atoms with Gasteiger partial charge in [-0.25, -0.2) is 4.39 Å². The van der Waals surface area contributed by atoms with Crippen LogP contribution < -0.4 is 10.6 Å². The zero-order valence-corrected chi connectivity index (χ0v) is 9.02. The van der Waals surface area contributed by atoms with E-state index in [1.165, 1.54) is 6.42 Å². The molecule has 1 fully saturated rings. The first-order chi connectivity index (χ1) is 7.25. The number of hydrogen-bond donors (Lipinski definition) is 2. The zero-order chi connectivity index (χ0) is 10.7. The first kappa shape index (κ1) is 10.4. The monoisotopic (exact) mass is 208 g/mol. The van der Waals surface area contributed by atoms with Crippen LogP contribution in [0.15, 0.2) is 18.2 Å². The van der Waals surface area contributed by atoms with E-state index in [1.54, 1.807) is 13.0 Å². The summed E-state index contributed by atoms with van der Waals surface area (Å²) in [4.78, 5) is 0. The fourth-order valence-electron chi connectivity index (χ4n) is 1.89. The van der Waals surface area contributed by atoms with Crippen molar-refractivity contribution in [2.45, 2.75) is 25.8 Å². The molecule has 15 heavy (non-hydrogen) atoms. The number of anilines is 1. The van der Waals surface area contributed by atoms with Crippen LogP contribution in [0.2, 0.25) is 0 Å². The molecule has 2 nitrogen and oxygen atoms in total. The second-order valence-electron chi connectivity index (χ2n) is 4.15. The maximum absolute atomic E-state index is 13.3. The average molecular weight is 208 g/mol. The molecular weight excluding hydrogens is 191 g/mol. The Bertz CT molecular complexity index is 332. The van der Waals surface area contributed by atoms with Crippen molar-refractivity contribution in [1.29, 1.82) is 0 Å². The Hall–Kier alpha value is -1.09. The summed E-state index contributed by atoms with van der Waals surface area (Å²) in [5, 5.41) is 6.67. The van der Waals surface area contributed by atoms with Gasteiger partial charge in [0.25, 0.3) is 0 Å². The zero-order valence-electron chi connectivity index (χ0n) is 9.02. The minimum Gasteiger partial charge on any atom is -0.381 e. The lowest BCUT2D eigenvalue weighted by atomic mass is 10.1. The molecule has 0 aliphatic carbocycles. The van der Waals surface area contributed by atoms with Gasteiger partial charge in [0.15, 0.2) is 0 Å². The van der Waals surface area contributed by atoms with Crippen LogP contribution in [0, 0.1) is 12.7 Å². The molecule has 1 aromatic rings. The highest BCUT2D eigenvalue weighted by Gasteiger charge is 2.12. The summed E-state index contributed by atoms with van der Waals surface area (Å²) in [5.74, 6) is -0.135. The Morgan fingerprint density at radius 3 is 3.00 bits per heavy atom. The van der Waals surface area contributed by atoms with E-state index < -0.39 is 0 Å². The molecule has 0 radical (unpaired) electrons. The highest BCUT2D eigenvalue weighted by atomic mass is 19.1. The van der Waals surface area contributed by atoms with Crippen LogP contribution in [0.5, 0.6) is 0 Å². The van der Waals surface area contributed by atoms with Gasteiger partial charge in [-0.15, -0.1) is 0 Å². The normalized spacial score (nSPS) is 21.3. The van der Waals surface area contributed by atoms with E-state index >= 15 is 0 Å². The van der Waals surface area contributed by atoms with Gasteiger partial charge in [-0.1, -0.05) is 6.07 Å². The predicted octanol–water partition coefficient (Wildman–Crippen LogP) is 2.30. The average Bonchev–Trinajstić information content (AvgIpc) is 2.25. The lowest BCUT2D eigenvalue weighted by Gasteiger charge is -2.24. The fraction of sp³-hybridized carbons (Fsp3) is 0.500. The van der Waals surface area contributed by atoms with Crippen molar-refractivity contribution in [3.8, 4) is 0 Å². The third-order valence-electron chi connectivity index (χ3n) is 2.84. The third kappa shape index (κ3) is 2.69. The first-order valence-corrected chi connectivity index (χ1v) is 5.49. The van der Waals surface area contributed by atoms with Gasteiger partial charge in [-0.05, 0) is 44.0 Å². The first-order valence-electron chi connectivity index (χ1n) is 5.49. The van der Waals surface area contributed by atoms with Crippen molar-refractivity contribution in [3.05, 3.63) is 29.6 Å². The Balaban J connectivity index is 2.00. The maximum atomic E-state index is 13.3. The van der Waals surface area contributed by atoms with Crippen molar-refractivity contribution in [2.24, 2.45) is 0 Å². The Morgan fingerprint density at radius 2 is 2.33 bits per heavy atom. The van der Waals surface area contributed by atoms with Crippen LogP contribution in [0.4, 0.5) is 10.1 Å². The van der Waals surface area contributed by atoms with E-state index in [1.807, 2.05) is 12.1 Å². The minimum atomic E-state index is -0.135. The quantitative estimate of drug-likeness (QED) is 0.779. The summed E-state index contributed by atoms with van der Waals surface area (Å²) in [5.41, 5.74) is 1.58. The minimum absolute atomic E-state index is 0.135. The lowest BCUT2D eigenvalue weighted by molar-refractivity contribution is 0.479. The van der Waals surface area contributed by atoms with Crippen molar-refractivity contribution in [3.63, 3.8) is 0 Å². The van der Waals surface area contributed by atoms with E-state index in [-0.39, 0.29) is 5.82 Å². The molecule has 1 unspecified atom stereocenters. The lowest BCUT2D eigenvalue weighted by Crippen LogP contribution is -2.38. The van der Waals surface area contributed by atoms with Crippen LogP contribution in [0.3, 0.4) is 0 Å². The van der Waals surface area contributed by atoms with E-state index in [0.717, 1.165) is 25.2 Å². The Kier molecular flexibility index (Phi) is 3.21. The second-order valence-corrected chi connectivity index (χ2v) is 4.15. The van der Waals surface area contributed by atoms with Crippen molar-refractivity contribution in [2.75, 3.05) is 18.4 Å². The topological polar surface area (TPSA) is 24.1 Å². The van der Waals surface area contributed by atoms with Gasteiger partial charge in [0.1, 0.15) is 5.82 Å². The van der Waals surface area contributed by atoms with Crippen LogP contribution >= 0.6 is 0 Å². The van der Waals surface area contributed by atoms with Gasteiger partial charge in [-0.2, -0.15) is 0 Å². The van der Waals surface area contributed by atoms with E-state index in [2.05, 4.69) is 10.6 Å². The third-order valence-corrected chi connectivity index (χ3v) is 2.84. The standard InChI is InChI=1S/C12H17FN2/c1-9-4-5-10(7-12(9)13)15-11-3-2-6-14-8-11/h4-5,7,11,14-15H,2-3,6,8H2,1H3. The molecule has 1 aliphatic heterocycles. The molecule has 0 aromatic heterocycles. The summed E-state index contributed by atoms with van der Waals surface area (Å²) in [6, 6.07) is 5.76. The van der Waals surface area contributed by atoms with Crippen LogP contribution in [0.25, 0.3) is 0 Å². The summed E-state index contributed by atoms with van der Waals surface area (Å²) >= 11 is 0. The molecule has 3 heteroatoms. The Morgan fingerprint density at radius 1 is 1.47 bits per heavy atom. The van der Waals surface area contributed by atoms with Crippen LogP contribution in [0.1, 0.15) is 18.4 Å². The molecule has 0 bridgehead atoms. The molecule has 1 aliphatic rings. The predicted molar refractivity (Wildman–Crippen MR) is 60.7 cm³/mol. The number of aryl methyl sites for hydroxylation is 1. The van der Waals surface area contributed by atoms with Gasteiger partial charge in [0.05, 0.1) is 0 Å². The molecule has 0 amide bonds. The molecule has 1 atom stereocenters. The highest BCUT2D eigenvalue weighted by molar-refractivity contribution is 5.46. The SMILES string of the molecule is Cc1ccc(NC2CCCNC2)cc1F. The molecule has 1 aromatic carbocycles. The van der Waals surface area contributed by atoms with E-state index in [0.29, 0.717) is 11.6 Å². The summed E-state index contributed by atoms with van der Waals surface area (Å²) in [6.45, 7) is 3.84. The maximum Gasteiger partial charge on any atom is 0.128 e. The number of halogens is 1. The second kappa shape index (κ2) is 4.62. The smallest absolute Gasteiger partial charge is 0.128 e. The summed E-state index contributed by atoms with van der Waals surface area (Å²) < 4.78 is 13.3.